The smallest absolute Gasteiger partial charge is 0.270 e. The normalized spacial score (nSPS) is 14.9. The van der Waals surface area contributed by atoms with Crippen LogP contribution >= 0.6 is 0 Å². The van der Waals surface area contributed by atoms with Crippen LogP contribution in [-0.4, -0.2) is 42.0 Å². The van der Waals surface area contributed by atoms with Gasteiger partial charge in [0, 0.05) is 19.1 Å². The van der Waals surface area contributed by atoms with Crippen molar-refractivity contribution >= 4 is 11.7 Å². The Morgan fingerprint density at radius 1 is 1.59 bits per heavy atom. The first-order valence-electron chi connectivity index (χ1n) is 5.88. The molecule has 5 nitrogen and oxygen atoms in total. The largest absolute Gasteiger partial charge is 0.384 e. The van der Waals surface area contributed by atoms with Crippen LogP contribution < -0.4 is 11.1 Å². The summed E-state index contributed by atoms with van der Waals surface area (Å²) in [6, 6.07) is 5.78. The van der Waals surface area contributed by atoms with Gasteiger partial charge in [-0.05, 0) is 32.0 Å². The van der Waals surface area contributed by atoms with Crippen molar-refractivity contribution in [1.29, 1.82) is 0 Å². The third kappa shape index (κ3) is 3.42. The second kappa shape index (κ2) is 5.14. The number of hydrogen-bond acceptors (Lipinski definition) is 4. The van der Waals surface area contributed by atoms with Gasteiger partial charge in [0.05, 0.1) is 0 Å². The summed E-state index contributed by atoms with van der Waals surface area (Å²) >= 11 is 0. The fourth-order valence-electron chi connectivity index (χ4n) is 1.71. The van der Waals surface area contributed by atoms with Crippen molar-refractivity contribution in [2.45, 2.75) is 18.9 Å². The number of likely N-dealkylation sites (N-methyl/N-ethyl adjacent to an activating group) is 1. The van der Waals surface area contributed by atoms with E-state index < -0.39 is 0 Å². The predicted octanol–water partition coefficient (Wildman–Crippen LogP) is 0.488. The predicted molar refractivity (Wildman–Crippen MR) is 66.6 cm³/mol. The molecule has 1 fully saturated rings. The van der Waals surface area contributed by atoms with Crippen molar-refractivity contribution in [2.24, 2.45) is 0 Å². The van der Waals surface area contributed by atoms with E-state index in [0.29, 0.717) is 18.1 Å². The van der Waals surface area contributed by atoms with E-state index in [9.17, 15) is 4.79 Å². The summed E-state index contributed by atoms with van der Waals surface area (Å²) in [5, 5.41) is 2.84. The highest BCUT2D eigenvalue weighted by atomic mass is 16.1. The van der Waals surface area contributed by atoms with Crippen LogP contribution in [0.3, 0.4) is 0 Å². The van der Waals surface area contributed by atoms with Crippen molar-refractivity contribution < 1.29 is 4.79 Å². The van der Waals surface area contributed by atoms with Gasteiger partial charge in [0.1, 0.15) is 11.5 Å². The zero-order valence-electron chi connectivity index (χ0n) is 10.0. The Hall–Kier alpha value is -1.62. The van der Waals surface area contributed by atoms with E-state index >= 15 is 0 Å². The minimum Gasteiger partial charge on any atom is -0.384 e. The third-order valence-electron chi connectivity index (χ3n) is 2.92. The van der Waals surface area contributed by atoms with Crippen molar-refractivity contribution in [2.75, 3.05) is 25.9 Å². The summed E-state index contributed by atoms with van der Waals surface area (Å²) in [6.45, 7) is 1.51. The van der Waals surface area contributed by atoms with Crippen LogP contribution in [0.1, 0.15) is 23.3 Å². The van der Waals surface area contributed by atoms with Crippen LogP contribution in [0.2, 0.25) is 0 Å². The maximum absolute atomic E-state index is 11.7. The number of carbonyl (C=O) groups excluding carboxylic acids is 1. The molecule has 1 aliphatic carbocycles. The van der Waals surface area contributed by atoms with Gasteiger partial charge in [0.15, 0.2) is 0 Å². The number of amides is 1. The number of nitrogens with one attached hydrogen (secondary N) is 1. The first kappa shape index (κ1) is 11.9. The van der Waals surface area contributed by atoms with E-state index in [4.69, 9.17) is 5.73 Å². The first-order chi connectivity index (χ1) is 8.16. The number of pyridine rings is 1. The van der Waals surface area contributed by atoms with E-state index in [1.165, 1.54) is 12.8 Å². The summed E-state index contributed by atoms with van der Waals surface area (Å²) < 4.78 is 0. The molecule has 0 spiro atoms. The molecule has 0 saturated heterocycles. The summed E-state index contributed by atoms with van der Waals surface area (Å²) in [7, 11) is 2.09. The lowest BCUT2D eigenvalue weighted by atomic mass is 10.3. The van der Waals surface area contributed by atoms with E-state index in [-0.39, 0.29) is 5.91 Å². The van der Waals surface area contributed by atoms with Crippen molar-refractivity contribution in [3.63, 3.8) is 0 Å². The molecule has 1 amide bonds. The fourth-order valence-corrected chi connectivity index (χ4v) is 1.71. The summed E-state index contributed by atoms with van der Waals surface area (Å²) in [5.74, 6) is 0.203. The van der Waals surface area contributed by atoms with Crippen LogP contribution in [0.5, 0.6) is 0 Å². The maximum atomic E-state index is 11.7. The van der Waals surface area contributed by atoms with Gasteiger partial charge in [0.2, 0.25) is 0 Å². The molecule has 1 saturated carbocycles. The molecular weight excluding hydrogens is 216 g/mol. The molecule has 0 aliphatic heterocycles. The zero-order valence-corrected chi connectivity index (χ0v) is 10.0. The van der Waals surface area contributed by atoms with E-state index in [2.05, 4.69) is 22.2 Å². The average Bonchev–Trinajstić information content (AvgIpc) is 3.12. The molecular formula is C12H18N4O. The molecule has 0 aromatic carbocycles. The van der Waals surface area contributed by atoms with Gasteiger partial charge in [0.25, 0.3) is 5.91 Å². The standard InChI is InChI=1S/C12H18N4O/c1-16(9-5-6-9)8-7-14-12(17)10-3-2-4-11(13)15-10/h2-4,9H,5-8H2,1H3,(H2,13,15)(H,14,17). The SMILES string of the molecule is CN(CCNC(=O)c1cccc(N)n1)C1CC1. The van der Waals surface area contributed by atoms with E-state index in [1.54, 1.807) is 18.2 Å². The maximum Gasteiger partial charge on any atom is 0.270 e. The van der Waals surface area contributed by atoms with Gasteiger partial charge in [-0.3, -0.25) is 4.79 Å². The van der Waals surface area contributed by atoms with Gasteiger partial charge in [-0.2, -0.15) is 0 Å². The topological polar surface area (TPSA) is 71.2 Å². The molecule has 0 radical (unpaired) electrons. The van der Waals surface area contributed by atoms with Gasteiger partial charge < -0.3 is 16.0 Å². The number of anilines is 1. The molecule has 0 bridgehead atoms. The molecule has 0 atom stereocenters. The molecule has 1 aromatic rings. The van der Waals surface area contributed by atoms with Crippen molar-refractivity contribution in [3.8, 4) is 0 Å². The van der Waals surface area contributed by atoms with Gasteiger partial charge in [-0.15, -0.1) is 0 Å². The molecule has 92 valence electrons. The summed E-state index contributed by atoms with van der Waals surface area (Å²) in [6.07, 6.45) is 2.56. The molecule has 3 N–H and O–H groups in total. The molecule has 0 unspecified atom stereocenters. The van der Waals surface area contributed by atoms with E-state index in [0.717, 1.165) is 12.6 Å². The number of nitrogens with zero attached hydrogens (tertiary/aromatic N) is 2. The first-order valence-corrected chi connectivity index (χ1v) is 5.88. The van der Waals surface area contributed by atoms with Gasteiger partial charge >= 0.3 is 0 Å². The second-order valence-electron chi connectivity index (χ2n) is 4.42. The lowest BCUT2D eigenvalue weighted by Gasteiger charge is -2.15. The third-order valence-corrected chi connectivity index (χ3v) is 2.92. The molecule has 1 heterocycles. The van der Waals surface area contributed by atoms with Crippen LogP contribution in [-0.2, 0) is 0 Å². The molecule has 1 aromatic heterocycles. The Morgan fingerprint density at radius 2 is 2.35 bits per heavy atom. The number of hydrogen-bond donors (Lipinski definition) is 2. The molecule has 2 rings (SSSR count). The van der Waals surface area contributed by atoms with Crippen molar-refractivity contribution in [3.05, 3.63) is 23.9 Å². The number of nitrogens with two attached hydrogens (primary N) is 1. The monoisotopic (exact) mass is 234 g/mol. The molecule has 17 heavy (non-hydrogen) atoms. The van der Waals surface area contributed by atoms with Crippen molar-refractivity contribution in [1.82, 2.24) is 15.2 Å². The van der Waals surface area contributed by atoms with Crippen LogP contribution in [0, 0.1) is 0 Å². The Kier molecular flexibility index (Phi) is 3.58. The average molecular weight is 234 g/mol. The molecule has 1 aliphatic rings. The number of carbonyl (C=O) groups is 1. The quantitative estimate of drug-likeness (QED) is 0.777. The van der Waals surface area contributed by atoms with Crippen LogP contribution in [0.15, 0.2) is 18.2 Å². The van der Waals surface area contributed by atoms with E-state index in [1.807, 2.05) is 0 Å². The Bertz CT molecular complexity index is 403. The minimum atomic E-state index is -0.165. The van der Waals surface area contributed by atoms with Gasteiger partial charge in [-0.1, -0.05) is 6.07 Å². The lowest BCUT2D eigenvalue weighted by Crippen LogP contribution is -2.34. The zero-order chi connectivity index (χ0) is 12.3. The summed E-state index contributed by atoms with van der Waals surface area (Å²) in [4.78, 5) is 18.0. The highest BCUT2D eigenvalue weighted by Gasteiger charge is 2.25. The fraction of sp³-hybridized carbons (Fsp3) is 0.500. The summed E-state index contributed by atoms with van der Waals surface area (Å²) in [5.41, 5.74) is 5.90. The highest BCUT2D eigenvalue weighted by molar-refractivity contribution is 5.92. The Balaban J connectivity index is 1.76. The Morgan fingerprint density at radius 3 is 3.00 bits per heavy atom. The minimum absolute atomic E-state index is 0.165. The Labute approximate surface area is 101 Å². The lowest BCUT2D eigenvalue weighted by molar-refractivity contribution is 0.0944. The van der Waals surface area contributed by atoms with Crippen LogP contribution in [0.4, 0.5) is 5.82 Å². The highest BCUT2D eigenvalue weighted by Crippen LogP contribution is 2.24. The van der Waals surface area contributed by atoms with Gasteiger partial charge in [-0.25, -0.2) is 4.98 Å². The number of rotatable bonds is 5. The number of nitrogen functional groups attached to an aromatic ring is 1. The number of aromatic nitrogens is 1. The van der Waals surface area contributed by atoms with Crippen LogP contribution in [0.25, 0.3) is 0 Å². The second-order valence-corrected chi connectivity index (χ2v) is 4.42. The molecule has 5 heteroatoms.